The molecule has 0 heterocycles. The van der Waals surface area contributed by atoms with Gasteiger partial charge in [0.25, 0.3) is 0 Å². The van der Waals surface area contributed by atoms with Crippen molar-refractivity contribution >= 4 is 34.8 Å². The average Bonchev–Trinajstić information content (AvgIpc) is 2.51. The number of thioether (sulfide) groups is 1. The molecule has 0 spiro atoms. The highest BCUT2D eigenvalue weighted by molar-refractivity contribution is 7.98. The summed E-state index contributed by atoms with van der Waals surface area (Å²) in [5.41, 5.74) is 6.30. The molecule has 0 fully saturated rings. The van der Waals surface area contributed by atoms with E-state index in [9.17, 15) is 0 Å². The highest BCUT2D eigenvalue weighted by Crippen LogP contribution is 2.14. The van der Waals surface area contributed by atoms with Crippen LogP contribution < -0.4 is 10.6 Å². The Balaban J connectivity index is 1.65. The molecule has 23 heavy (non-hydrogen) atoms. The van der Waals surface area contributed by atoms with Gasteiger partial charge < -0.3 is 10.6 Å². The van der Waals surface area contributed by atoms with Crippen molar-refractivity contribution in [1.29, 1.82) is 0 Å². The topological polar surface area (TPSA) is 24.1 Å². The van der Waals surface area contributed by atoms with Gasteiger partial charge in [-0.05, 0) is 61.8 Å². The van der Waals surface area contributed by atoms with Gasteiger partial charge >= 0.3 is 0 Å². The third kappa shape index (κ3) is 6.24. The zero-order chi connectivity index (χ0) is 16.7. The molecular weight excluding hydrogens is 320 g/mol. The summed E-state index contributed by atoms with van der Waals surface area (Å²) in [5.74, 6) is 2.07. The Morgan fingerprint density at radius 3 is 2.61 bits per heavy atom. The molecule has 2 aromatic carbocycles. The van der Waals surface area contributed by atoms with Gasteiger partial charge in [0.1, 0.15) is 0 Å². The Bertz CT molecular complexity index is 668. The van der Waals surface area contributed by atoms with Crippen molar-refractivity contribution in [2.75, 3.05) is 17.6 Å². The Kier molecular flexibility index (Phi) is 6.93. The first-order chi connectivity index (χ1) is 11.0. The minimum Gasteiger partial charge on any atom is -0.362 e. The van der Waals surface area contributed by atoms with Crippen molar-refractivity contribution in [3.05, 3.63) is 64.7 Å². The van der Waals surface area contributed by atoms with E-state index in [0.29, 0.717) is 5.11 Å². The second-order valence-corrected chi connectivity index (χ2v) is 7.23. The maximum absolute atomic E-state index is 5.34. The van der Waals surface area contributed by atoms with Crippen LogP contribution in [0.2, 0.25) is 0 Å². The zero-order valence-electron chi connectivity index (χ0n) is 14.0. The Labute approximate surface area is 149 Å². The summed E-state index contributed by atoms with van der Waals surface area (Å²) in [7, 11) is 0. The van der Waals surface area contributed by atoms with Crippen LogP contribution in [-0.4, -0.2) is 17.4 Å². The fourth-order valence-electron chi connectivity index (χ4n) is 2.22. The molecule has 0 amide bonds. The van der Waals surface area contributed by atoms with Gasteiger partial charge in [-0.1, -0.05) is 35.9 Å². The number of aryl methyl sites for hydroxylation is 3. The second kappa shape index (κ2) is 8.94. The molecule has 4 heteroatoms. The molecule has 2 aromatic rings. The molecule has 0 aliphatic carbocycles. The van der Waals surface area contributed by atoms with E-state index in [-0.39, 0.29) is 0 Å². The van der Waals surface area contributed by atoms with E-state index in [1.54, 1.807) is 0 Å². The number of hydrogen-bond donors (Lipinski definition) is 2. The van der Waals surface area contributed by atoms with Crippen molar-refractivity contribution in [2.24, 2.45) is 0 Å². The smallest absolute Gasteiger partial charge is 0.170 e. The molecule has 0 atom stereocenters. The number of rotatable bonds is 6. The highest BCUT2D eigenvalue weighted by atomic mass is 32.2. The largest absolute Gasteiger partial charge is 0.362 e. The van der Waals surface area contributed by atoms with Crippen molar-refractivity contribution in [3.8, 4) is 0 Å². The summed E-state index contributed by atoms with van der Waals surface area (Å²) in [5, 5.41) is 7.18. The molecule has 0 bridgehead atoms. The fraction of sp³-hybridized carbons (Fsp3) is 0.316. The first kappa shape index (κ1) is 17.8. The van der Waals surface area contributed by atoms with E-state index in [1.807, 2.05) is 11.8 Å². The van der Waals surface area contributed by atoms with E-state index in [1.165, 1.54) is 22.3 Å². The lowest BCUT2D eigenvalue weighted by molar-refractivity contribution is 0.989. The third-order valence-electron chi connectivity index (χ3n) is 3.65. The predicted molar refractivity (Wildman–Crippen MR) is 107 cm³/mol. The highest BCUT2D eigenvalue weighted by Gasteiger charge is 2.00. The van der Waals surface area contributed by atoms with E-state index in [2.05, 4.69) is 73.9 Å². The molecule has 0 aliphatic rings. The van der Waals surface area contributed by atoms with Gasteiger partial charge in [-0.25, -0.2) is 0 Å². The Morgan fingerprint density at radius 1 is 1.04 bits per heavy atom. The summed E-state index contributed by atoms with van der Waals surface area (Å²) < 4.78 is 0. The maximum Gasteiger partial charge on any atom is 0.170 e. The van der Waals surface area contributed by atoms with Crippen LogP contribution >= 0.6 is 24.0 Å². The lowest BCUT2D eigenvalue weighted by Gasteiger charge is -2.11. The molecule has 0 saturated carbocycles. The molecule has 0 aliphatic heterocycles. The first-order valence-electron chi connectivity index (χ1n) is 7.80. The molecular formula is C19H24N2S2. The third-order valence-corrected chi connectivity index (χ3v) is 4.92. The van der Waals surface area contributed by atoms with Crippen LogP contribution in [0.25, 0.3) is 0 Å². The first-order valence-corrected chi connectivity index (χ1v) is 9.36. The maximum atomic E-state index is 5.34. The van der Waals surface area contributed by atoms with Crippen LogP contribution in [0.1, 0.15) is 22.3 Å². The molecule has 0 saturated heterocycles. The number of thiocarbonyl (C=S) groups is 1. The average molecular weight is 345 g/mol. The van der Waals surface area contributed by atoms with E-state index >= 15 is 0 Å². The van der Waals surface area contributed by atoms with Gasteiger partial charge in [0, 0.05) is 23.7 Å². The molecule has 0 unspecified atom stereocenters. The molecule has 122 valence electrons. The van der Waals surface area contributed by atoms with Crippen molar-refractivity contribution in [3.63, 3.8) is 0 Å². The van der Waals surface area contributed by atoms with Crippen LogP contribution in [0.15, 0.2) is 42.5 Å². The number of anilines is 1. The Hall–Kier alpha value is -1.52. The van der Waals surface area contributed by atoms with Gasteiger partial charge in [0.05, 0.1) is 0 Å². The summed E-state index contributed by atoms with van der Waals surface area (Å²) in [4.78, 5) is 0. The number of nitrogens with one attached hydrogen (secondary N) is 2. The Morgan fingerprint density at radius 2 is 1.87 bits per heavy atom. The minimum absolute atomic E-state index is 0.685. The normalized spacial score (nSPS) is 10.4. The van der Waals surface area contributed by atoms with E-state index < -0.39 is 0 Å². The van der Waals surface area contributed by atoms with Gasteiger partial charge in [0.2, 0.25) is 0 Å². The zero-order valence-corrected chi connectivity index (χ0v) is 15.6. The van der Waals surface area contributed by atoms with Crippen LogP contribution in [-0.2, 0) is 5.75 Å². The predicted octanol–water partition coefficient (Wildman–Crippen LogP) is 4.83. The van der Waals surface area contributed by atoms with Crippen LogP contribution in [0.3, 0.4) is 0 Å². The van der Waals surface area contributed by atoms with Gasteiger partial charge in [0.15, 0.2) is 5.11 Å². The summed E-state index contributed by atoms with van der Waals surface area (Å²) in [6.45, 7) is 7.22. The van der Waals surface area contributed by atoms with Crippen molar-refractivity contribution in [1.82, 2.24) is 5.32 Å². The monoisotopic (exact) mass is 344 g/mol. The van der Waals surface area contributed by atoms with Crippen LogP contribution in [0.5, 0.6) is 0 Å². The van der Waals surface area contributed by atoms with Crippen LogP contribution in [0.4, 0.5) is 5.69 Å². The fourth-order valence-corrected chi connectivity index (χ4v) is 3.25. The summed E-state index contributed by atoms with van der Waals surface area (Å²) in [6, 6.07) is 15.0. The van der Waals surface area contributed by atoms with Gasteiger partial charge in [-0.2, -0.15) is 11.8 Å². The SMILES string of the molecule is Cc1cccc(CSCCNC(=S)Nc2ccc(C)c(C)c2)c1. The lowest BCUT2D eigenvalue weighted by atomic mass is 10.1. The molecule has 0 aromatic heterocycles. The summed E-state index contributed by atoms with van der Waals surface area (Å²) >= 11 is 7.26. The second-order valence-electron chi connectivity index (χ2n) is 5.72. The van der Waals surface area contributed by atoms with Crippen molar-refractivity contribution < 1.29 is 0 Å². The molecule has 0 radical (unpaired) electrons. The summed E-state index contributed by atoms with van der Waals surface area (Å²) in [6.07, 6.45) is 0. The standard InChI is InChI=1S/C19H24N2S2/c1-14-5-4-6-17(11-14)13-23-10-9-20-19(22)21-18-8-7-15(2)16(3)12-18/h4-8,11-12H,9-10,13H2,1-3H3,(H2,20,21,22). The quantitative estimate of drug-likeness (QED) is 0.579. The number of benzene rings is 2. The molecule has 2 rings (SSSR count). The molecule has 2 nitrogen and oxygen atoms in total. The van der Waals surface area contributed by atoms with Gasteiger partial charge in [-0.15, -0.1) is 0 Å². The minimum atomic E-state index is 0.685. The van der Waals surface area contributed by atoms with E-state index in [4.69, 9.17) is 12.2 Å². The number of hydrogen-bond acceptors (Lipinski definition) is 2. The van der Waals surface area contributed by atoms with E-state index in [0.717, 1.165) is 23.7 Å². The van der Waals surface area contributed by atoms with Crippen LogP contribution in [0, 0.1) is 20.8 Å². The van der Waals surface area contributed by atoms with Crippen molar-refractivity contribution in [2.45, 2.75) is 26.5 Å². The van der Waals surface area contributed by atoms with Gasteiger partial charge in [-0.3, -0.25) is 0 Å². The molecule has 2 N–H and O–H groups in total. The lowest BCUT2D eigenvalue weighted by Crippen LogP contribution is -2.30.